The van der Waals surface area contributed by atoms with E-state index >= 15 is 0 Å². The molecule has 1 amide bonds. The van der Waals surface area contributed by atoms with Crippen molar-refractivity contribution in [2.75, 3.05) is 36.4 Å². The van der Waals surface area contributed by atoms with E-state index in [9.17, 15) is 14.7 Å². The maximum absolute atomic E-state index is 13.7. The van der Waals surface area contributed by atoms with Crippen molar-refractivity contribution < 1.29 is 14.6 Å². The molecule has 0 aliphatic carbocycles. The molecule has 2 N–H and O–H groups in total. The normalized spacial score (nSPS) is 15.4. The fourth-order valence-electron chi connectivity index (χ4n) is 4.85. The zero-order valence-corrected chi connectivity index (χ0v) is 25.9. The number of fused-ring (bicyclic) bond motifs is 1. The third kappa shape index (κ3) is 6.60. The van der Waals surface area contributed by atoms with E-state index in [1.54, 1.807) is 4.90 Å². The number of carbonyl (C=O) groups is 1. The lowest BCUT2D eigenvalue weighted by molar-refractivity contribution is 0.0240. The number of piperazine rings is 1. The minimum atomic E-state index is -0.954. The average molecular weight is 619 g/mol. The van der Waals surface area contributed by atoms with Gasteiger partial charge >= 0.3 is 6.09 Å². The smallest absolute Gasteiger partial charge is 0.410 e. The highest BCUT2D eigenvalue weighted by Gasteiger charge is 2.30. The molecule has 1 fully saturated rings. The van der Waals surface area contributed by atoms with Gasteiger partial charge in [-0.3, -0.25) is 4.79 Å². The highest BCUT2D eigenvalue weighted by atomic mass is 79.9. The lowest BCUT2D eigenvalue weighted by atomic mass is 9.87. The molecule has 3 aromatic rings. The second-order valence-corrected chi connectivity index (χ2v) is 12.8. The summed E-state index contributed by atoms with van der Waals surface area (Å²) in [5.74, 6) is 0.341. The van der Waals surface area contributed by atoms with Crippen molar-refractivity contribution in [3.05, 3.63) is 50.6 Å². The molecular weight excluding hydrogens is 578 g/mol. The topological polar surface area (TPSA) is 117 Å². The minimum absolute atomic E-state index is 0.0323. The van der Waals surface area contributed by atoms with Crippen LogP contribution in [0, 0.1) is 0 Å². The summed E-state index contributed by atoms with van der Waals surface area (Å²) in [6.07, 6.45) is -0.782. The number of amides is 1. The van der Waals surface area contributed by atoms with Crippen molar-refractivity contribution in [2.24, 2.45) is 0 Å². The Labute approximate surface area is 243 Å². The van der Waals surface area contributed by atoms with Crippen LogP contribution in [-0.2, 0) is 23.1 Å². The van der Waals surface area contributed by atoms with Crippen LogP contribution in [0.25, 0.3) is 5.78 Å². The summed E-state index contributed by atoms with van der Waals surface area (Å²) in [4.78, 5) is 34.3. The summed E-state index contributed by atoms with van der Waals surface area (Å²) >= 11 is 3.31. The Bertz CT molecular complexity index is 1410. The fraction of sp³-hybridized carbons (Fsp3) is 0.571. The molecule has 11 nitrogen and oxygen atoms in total. The molecule has 1 aliphatic rings. The molecule has 0 spiro atoms. The first-order valence-corrected chi connectivity index (χ1v) is 14.4. The Kier molecular flexibility index (Phi) is 8.51. The van der Waals surface area contributed by atoms with E-state index < -0.39 is 11.8 Å². The van der Waals surface area contributed by atoms with Crippen LogP contribution < -0.4 is 15.8 Å². The molecule has 218 valence electrons. The number of nitrogens with one attached hydrogen (secondary N) is 1. The van der Waals surface area contributed by atoms with Gasteiger partial charge in [-0.1, -0.05) is 39.8 Å². The summed E-state index contributed by atoms with van der Waals surface area (Å²) in [6.45, 7) is 15.9. The maximum atomic E-state index is 13.7. The summed E-state index contributed by atoms with van der Waals surface area (Å²) in [5.41, 5.74) is 2.40. The van der Waals surface area contributed by atoms with E-state index in [2.05, 4.69) is 64.2 Å². The lowest BCUT2D eigenvalue weighted by Crippen LogP contribution is -2.51. The fourth-order valence-corrected chi connectivity index (χ4v) is 5.16. The van der Waals surface area contributed by atoms with Crippen LogP contribution in [0.1, 0.15) is 59.7 Å². The molecular formula is C28H40BrN7O4. The number of ether oxygens (including phenoxy) is 1. The number of aliphatic hydroxyl groups is 1. The van der Waals surface area contributed by atoms with Crippen molar-refractivity contribution in [1.29, 1.82) is 0 Å². The van der Waals surface area contributed by atoms with Crippen LogP contribution >= 0.6 is 15.9 Å². The van der Waals surface area contributed by atoms with Crippen LogP contribution in [0.2, 0.25) is 0 Å². The highest BCUT2D eigenvalue weighted by molar-refractivity contribution is 9.10. The Morgan fingerprint density at radius 2 is 1.73 bits per heavy atom. The summed E-state index contributed by atoms with van der Waals surface area (Å²) in [6, 6.07) is 8.01. The van der Waals surface area contributed by atoms with E-state index in [0.717, 1.165) is 11.4 Å². The van der Waals surface area contributed by atoms with Gasteiger partial charge in [-0.05, 0) is 66.2 Å². The van der Waals surface area contributed by atoms with Crippen LogP contribution in [0.15, 0.2) is 33.8 Å². The number of anilines is 2. The van der Waals surface area contributed by atoms with Crippen molar-refractivity contribution in [3.8, 4) is 0 Å². The van der Waals surface area contributed by atoms with Crippen molar-refractivity contribution in [2.45, 2.75) is 78.7 Å². The van der Waals surface area contributed by atoms with Gasteiger partial charge in [0, 0.05) is 37.6 Å². The van der Waals surface area contributed by atoms with Gasteiger partial charge in [-0.15, -0.1) is 5.10 Å². The number of aromatic nitrogens is 4. The number of hydrogen-bond donors (Lipinski definition) is 2. The zero-order chi connectivity index (χ0) is 29.4. The molecule has 4 rings (SSSR count). The van der Waals surface area contributed by atoms with Gasteiger partial charge in [-0.2, -0.15) is 9.50 Å². The molecule has 1 aromatic carbocycles. The highest BCUT2D eigenvalue weighted by Crippen LogP contribution is 2.25. The number of halogens is 1. The van der Waals surface area contributed by atoms with Gasteiger partial charge < -0.3 is 29.5 Å². The van der Waals surface area contributed by atoms with Crippen LogP contribution in [0.5, 0.6) is 0 Å². The van der Waals surface area contributed by atoms with Gasteiger partial charge in [0.2, 0.25) is 10.5 Å². The zero-order valence-electron chi connectivity index (χ0n) is 24.4. The molecule has 40 heavy (non-hydrogen) atoms. The average Bonchev–Trinajstić information content (AvgIpc) is 3.26. The molecule has 3 heterocycles. The van der Waals surface area contributed by atoms with Crippen LogP contribution in [0.4, 0.5) is 16.2 Å². The first kappa shape index (κ1) is 29.9. The van der Waals surface area contributed by atoms with E-state index in [-0.39, 0.29) is 28.3 Å². The predicted octanol–water partition coefficient (Wildman–Crippen LogP) is 4.00. The minimum Gasteiger partial charge on any atom is -0.444 e. The summed E-state index contributed by atoms with van der Waals surface area (Å²) in [7, 11) is 0. The standard InChI is InChI=1S/C28H40BrN7O4/c1-8-20-22(33-13-15-34(16-14-33)26(39)40-28(5,6)7)23(38)36-25(31-24(29)32-36)35(20)17-21(37)30-19-11-9-18(10-12-19)27(2,3)4/h9-12,21,30,37H,8,13-17H2,1-7H3. The molecule has 1 unspecified atom stereocenters. The number of hydrogen-bond acceptors (Lipinski definition) is 8. The molecule has 2 aromatic heterocycles. The first-order chi connectivity index (χ1) is 18.7. The maximum Gasteiger partial charge on any atom is 0.410 e. The molecule has 0 saturated carbocycles. The van der Waals surface area contributed by atoms with Gasteiger partial charge in [0.1, 0.15) is 17.5 Å². The molecule has 0 radical (unpaired) electrons. The van der Waals surface area contributed by atoms with Gasteiger partial charge in [0.25, 0.3) is 5.56 Å². The largest absolute Gasteiger partial charge is 0.444 e. The Hall–Kier alpha value is -3.12. The SMILES string of the molecule is CCc1c(N2CCN(C(=O)OC(C)(C)C)CC2)c(=O)n2nc(Br)nc2n1CC(O)Nc1ccc(C(C)(C)C)cc1. The number of rotatable bonds is 6. The molecule has 0 bridgehead atoms. The summed E-state index contributed by atoms with van der Waals surface area (Å²) in [5, 5.41) is 18.5. The predicted molar refractivity (Wildman–Crippen MR) is 159 cm³/mol. The Morgan fingerprint density at radius 3 is 2.27 bits per heavy atom. The number of nitrogens with zero attached hydrogens (tertiary/aromatic N) is 6. The summed E-state index contributed by atoms with van der Waals surface area (Å²) < 4.78 is 8.92. The van der Waals surface area contributed by atoms with E-state index in [4.69, 9.17) is 4.74 Å². The third-order valence-corrected chi connectivity index (χ3v) is 7.16. The third-order valence-electron chi connectivity index (χ3n) is 6.82. The number of carbonyl (C=O) groups excluding carboxylic acids is 1. The Morgan fingerprint density at radius 1 is 1.10 bits per heavy atom. The molecule has 1 saturated heterocycles. The monoisotopic (exact) mass is 617 g/mol. The van der Waals surface area contributed by atoms with Gasteiger partial charge in [0.05, 0.1) is 6.54 Å². The second kappa shape index (κ2) is 11.4. The van der Waals surface area contributed by atoms with Crippen molar-refractivity contribution in [1.82, 2.24) is 24.1 Å². The van der Waals surface area contributed by atoms with Crippen LogP contribution in [0.3, 0.4) is 0 Å². The Balaban J connectivity index is 1.61. The van der Waals surface area contributed by atoms with E-state index in [0.29, 0.717) is 44.1 Å². The first-order valence-electron chi connectivity index (χ1n) is 13.6. The molecule has 12 heteroatoms. The number of benzene rings is 1. The van der Waals surface area contributed by atoms with Gasteiger partial charge in [0.15, 0.2) is 0 Å². The molecule has 1 aliphatic heterocycles. The second-order valence-electron chi connectivity index (χ2n) is 12.1. The van der Waals surface area contributed by atoms with Gasteiger partial charge in [-0.25, -0.2) is 4.79 Å². The quantitative estimate of drug-likeness (QED) is 0.399. The molecule has 1 atom stereocenters. The van der Waals surface area contributed by atoms with Crippen molar-refractivity contribution >= 4 is 39.2 Å². The van der Waals surface area contributed by atoms with E-state index in [1.807, 2.05) is 49.3 Å². The lowest BCUT2D eigenvalue weighted by Gasteiger charge is -2.37. The van der Waals surface area contributed by atoms with Crippen molar-refractivity contribution in [3.63, 3.8) is 0 Å². The van der Waals surface area contributed by atoms with Crippen LogP contribution in [-0.4, -0.2) is 73.3 Å². The number of aliphatic hydroxyl groups excluding tert-OH is 1. The van der Waals surface area contributed by atoms with E-state index in [1.165, 1.54) is 10.1 Å².